The van der Waals surface area contributed by atoms with Gasteiger partial charge in [-0.2, -0.15) is 5.01 Å². The van der Waals surface area contributed by atoms with E-state index in [4.69, 9.17) is 11.6 Å². The van der Waals surface area contributed by atoms with Crippen molar-refractivity contribution in [2.24, 2.45) is 11.8 Å². The average Bonchev–Trinajstić information content (AvgIpc) is 3.04. The van der Waals surface area contributed by atoms with Crippen molar-refractivity contribution in [1.29, 1.82) is 0 Å². The van der Waals surface area contributed by atoms with Crippen molar-refractivity contribution in [2.75, 3.05) is 0 Å². The average molecular weight is 451 g/mol. The van der Waals surface area contributed by atoms with Crippen LogP contribution in [0.2, 0.25) is 5.02 Å². The lowest BCUT2D eigenvalue weighted by Crippen LogP contribution is -2.56. The minimum absolute atomic E-state index is 0.229. The summed E-state index contributed by atoms with van der Waals surface area (Å²) < 4.78 is 0. The Morgan fingerprint density at radius 2 is 1.59 bits per heavy atom. The third kappa shape index (κ3) is 3.86. The van der Waals surface area contributed by atoms with Crippen LogP contribution in [0.3, 0.4) is 0 Å². The zero-order valence-corrected chi connectivity index (χ0v) is 18.6. The number of ketones is 1. The Morgan fingerprint density at radius 3 is 2.25 bits per heavy atom. The van der Waals surface area contributed by atoms with Crippen LogP contribution in [0.15, 0.2) is 66.2 Å². The minimum Gasteiger partial charge on any atom is -0.292 e. The van der Waals surface area contributed by atoms with Crippen molar-refractivity contribution in [3.8, 4) is 0 Å². The van der Waals surface area contributed by atoms with E-state index in [2.05, 4.69) is 0 Å². The zero-order valence-electron chi connectivity index (χ0n) is 17.8. The lowest BCUT2D eigenvalue weighted by molar-refractivity contribution is -0.156. The Hall–Kier alpha value is -3.25. The van der Waals surface area contributed by atoms with E-state index >= 15 is 0 Å². The van der Waals surface area contributed by atoms with Gasteiger partial charge in [-0.1, -0.05) is 53.6 Å². The summed E-state index contributed by atoms with van der Waals surface area (Å²) >= 11 is 5.96. The second-order valence-corrected chi connectivity index (χ2v) is 8.69. The van der Waals surface area contributed by atoms with Crippen LogP contribution in [0.1, 0.15) is 47.4 Å². The van der Waals surface area contributed by atoms with E-state index in [9.17, 15) is 19.2 Å². The van der Waals surface area contributed by atoms with Gasteiger partial charge >= 0.3 is 0 Å². The maximum atomic E-state index is 13.6. The van der Waals surface area contributed by atoms with E-state index in [-0.39, 0.29) is 11.3 Å². The molecule has 7 heteroatoms. The number of benzene rings is 2. The SMILES string of the molecule is CC1=CC[C@@H]2C(=O)N(N(C(=O)c3ccc(Cl)cc3)[C@@H](C)C(=O)c3ccccc3)C(=O)[C@H]2C1. The number of hydrogen-bond acceptors (Lipinski definition) is 4. The Balaban J connectivity index is 1.75. The lowest BCUT2D eigenvalue weighted by atomic mass is 9.82. The number of allylic oxidation sites excluding steroid dienone is 2. The normalized spacial score (nSPS) is 21.1. The first-order valence-electron chi connectivity index (χ1n) is 10.5. The van der Waals surface area contributed by atoms with Gasteiger partial charge in [-0.3, -0.25) is 19.2 Å². The second-order valence-electron chi connectivity index (χ2n) is 8.25. The number of amides is 3. The van der Waals surface area contributed by atoms with Crippen LogP contribution in [0.4, 0.5) is 0 Å². The van der Waals surface area contributed by atoms with Crippen LogP contribution < -0.4 is 0 Å². The van der Waals surface area contributed by atoms with E-state index in [0.29, 0.717) is 23.4 Å². The molecule has 0 bridgehead atoms. The van der Waals surface area contributed by atoms with Crippen molar-refractivity contribution in [3.63, 3.8) is 0 Å². The topological polar surface area (TPSA) is 74.8 Å². The quantitative estimate of drug-likeness (QED) is 0.386. The highest BCUT2D eigenvalue weighted by atomic mass is 35.5. The van der Waals surface area contributed by atoms with Gasteiger partial charge in [0.25, 0.3) is 17.7 Å². The summed E-state index contributed by atoms with van der Waals surface area (Å²) in [6.45, 7) is 3.46. The fourth-order valence-electron chi connectivity index (χ4n) is 4.35. The van der Waals surface area contributed by atoms with Crippen LogP contribution in [-0.4, -0.2) is 39.6 Å². The Bertz CT molecular complexity index is 1110. The third-order valence-corrected chi connectivity index (χ3v) is 6.37. The minimum atomic E-state index is -1.07. The van der Waals surface area contributed by atoms with Crippen LogP contribution in [-0.2, 0) is 9.59 Å². The summed E-state index contributed by atoms with van der Waals surface area (Å²) in [5.41, 5.74) is 1.66. The largest absolute Gasteiger partial charge is 0.292 e. The zero-order chi connectivity index (χ0) is 23.0. The van der Waals surface area contributed by atoms with E-state index < -0.39 is 35.6 Å². The van der Waals surface area contributed by atoms with Crippen LogP contribution >= 0.6 is 11.6 Å². The smallest absolute Gasteiger partial charge is 0.273 e. The molecule has 2 aromatic carbocycles. The molecule has 1 heterocycles. The fourth-order valence-corrected chi connectivity index (χ4v) is 4.48. The lowest BCUT2D eigenvalue weighted by Gasteiger charge is -2.34. The molecule has 32 heavy (non-hydrogen) atoms. The first-order chi connectivity index (χ1) is 15.3. The number of carbonyl (C=O) groups is 4. The number of Topliss-reactive ketones (excluding diaryl/α,β-unsaturated/α-hetero) is 1. The Kier molecular flexibility index (Phi) is 5.98. The Labute approximate surface area is 191 Å². The first-order valence-corrected chi connectivity index (χ1v) is 10.9. The highest BCUT2D eigenvalue weighted by Gasteiger charge is 2.53. The van der Waals surface area contributed by atoms with Gasteiger partial charge in [0.15, 0.2) is 5.78 Å². The van der Waals surface area contributed by atoms with Crippen molar-refractivity contribution in [3.05, 3.63) is 82.4 Å². The summed E-state index contributed by atoms with van der Waals surface area (Å²) in [7, 11) is 0. The van der Waals surface area contributed by atoms with E-state index in [1.165, 1.54) is 19.1 Å². The van der Waals surface area contributed by atoms with Gasteiger partial charge in [0, 0.05) is 16.1 Å². The molecule has 1 saturated heterocycles. The molecule has 2 aliphatic rings. The number of carbonyl (C=O) groups excluding carboxylic acids is 4. The number of hydrogen-bond donors (Lipinski definition) is 0. The summed E-state index contributed by atoms with van der Waals surface area (Å²) in [5.74, 6) is -2.90. The van der Waals surface area contributed by atoms with Crippen molar-refractivity contribution < 1.29 is 19.2 Å². The Morgan fingerprint density at radius 1 is 0.969 bits per heavy atom. The molecule has 164 valence electrons. The van der Waals surface area contributed by atoms with E-state index in [1.807, 2.05) is 13.0 Å². The molecule has 3 amide bonds. The van der Waals surface area contributed by atoms with Crippen LogP contribution in [0.25, 0.3) is 0 Å². The maximum absolute atomic E-state index is 13.6. The molecular weight excluding hydrogens is 428 g/mol. The van der Waals surface area contributed by atoms with Crippen molar-refractivity contribution in [1.82, 2.24) is 10.0 Å². The molecule has 1 aliphatic carbocycles. The molecule has 6 nitrogen and oxygen atoms in total. The summed E-state index contributed by atoms with van der Waals surface area (Å²) in [5, 5.41) is 2.38. The van der Waals surface area contributed by atoms with Crippen LogP contribution in [0, 0.1) is 11.8 Å². The standard InChI is InChI=1S/C25H23ClN2O4/c1-15-8-13-20-21(14-15)25(32)28(24(20)31)27(23(30)18-9-11-19(26)12-10-18)16(2)22(29)17-6-4-3-5-7-17/h3-12,16,20-21H,13-14H2,1-2H3/t16-,20-,21-/m0/s1. The molecule has 0 N–H and O–H groups in total. The third-order valence-electron chi connectivity index (χ3n) is 6.12. The number of hydrazine groups is 1. The molecule has 0 spiro atoms. The molecule has 0 radical (unpaired) electrons. The molecule has 0 aromatic heterocycles. The molecule has 2 aromatic rings. The van der Waals surface area contributed by atoms with Crippen molar-refractivity contribution >= 4 is 35.1 Å². The molecule has 1 fully saturated rings. The molecule has 3 atom stereocenters. The van der Waals surface area contributed by atoms with Gasteiger partial charge in [-0.25, -0.2) is 5.01 Å². The highest BCUT2D eigenvalue weighted by Crippen LogP contribution is 2.39. The predicted molar refractivity (Wildman–Crippen MR) is 120 cm³/mol. The summed E-state index contributed by atoms with van der Waals surface area (Å²) in [6.07, 6.45) is 2.87. The van der Waals surface area contributed by atoms with Gasteiger partial charge in [-0.05, 0) is 51.0 Å². The highest BCUT2D eigenvalue weighted by molar-refractivity contribution is 6.30. The van der Waals surface area contributed by atoms with E-state index in [1.54, 1.807) is 42.5 Å². The molecule has 0 unspecified atom stereocenters. The fraction of sp³-hybridized carbons (Fsp3) is 0.280. The van der Waals surface area contributed by atoms with Gasteiger partial charge in [0.05, 0.1) is 11.8 Å². The molecule has 1 aliphatic heterocycles. The second kappa shape index (κ2) is 8.71. The predicted octanol–water partition coefficient (Wildman–Crippen LogP) is 4.31. The maximum Gasteiger partial charge on any atom is 0.273 e. The summed E-state index contributed by atoms with van der Waals surface area (Å²) in [6, 6.07) is 13.6. The molecule has 4 rings (SSSR count). The number of rotatable bonds is 5. The van der Waals surface area contributed by atoms with Gasteiger partial charge in [0.1, 0.15) is 6.04 Å². The van der Waals surface area contributed by atoms with Crippen LogP contribution in [0.5, 0.6) is 0 Å². The summed E-state index contributed by atoms with van der Waals surface area (Å²) in [4.78, 5) is 53.4. The van der Waals surface area contributed by atoms with E-state index in [0.717, 1.165) is 15.6 Å². The first kappa shape index (κ1) is 22.0. The van der Waals surface area contributed by atoms with Crippen molar-refractivity contribution in [2.45, 2.75) is 32.7 Å². The van der Waals surface area contributed by atoms with Gasteiger partial charge < -0.3 is 0 Å². The number of imide groups is 1. The number of fused-ring (bicyclic) bond motifs is 1. The number of nitrogens with zero attached hydrogens (tertiary/aromatic N) is 2. The monoisotopic (exact) mass is 450 g/mol. The van der Waals surface area contributed by atoms with Gasteiger partial charge in [-0.15, -0.1) is 0 Å². The number of halogens is 1. The van der Waals surface area contributed by atoms with Gasteiger partial charge in [0.2, 0.25) is 0 Å². The molecule has 0 saturated carbocycles. The molecular formula is C25H23ClN2O4.